The van der Waals surface area contributed by atoms with Gasteiger partial charge in [-0.1, -0.05) is 0 Å². The van der Waals surface area contributed by atoms with Crippen LogP contribution in [0.25, 0.3) is 0 Å². The van der Waals surface area contributed by atoms with Crippen molar-refractivity contribution < 1.29 is 4.79 Å². The quantitative estimate of drug-likeness (QED) is 0.597. The van der Waals surface area contributed by atoms with Gasteiger partial charge in [0, 0.05) is 5.69 Å². The summed E-state index contributed by atoms with van der Waals surface area (Å²) in [7, 11) is 0. The maximum Gasteiger partial charge on any atom is 0.271 e. The number of aryl methyl sites for hydroxylation is 1. The molecule has 0 saturated carbocycles. The van der Waals surface area contributed by atoms with E-state index in [0.29, 0.717) is 6.41 Å². The Hall–Kier alpha value is -1.58. The van der Waals surface area contributed by atoms with Crippen molar-refractivity contribution in [2.24, 2.45) is 0 Å². The van der Waals surface area contributed by atoms with Gasteiger partial charge in [0.2, 0.25) is 6.41 Å². The second-order valence-electron chi connectivity index (χ2n) is 2.15. The summed E-state index contributed by atoms with van der Waals surface area (Å²) >= 11 is 0. The molecule has 0 aromatic carbocycles. The Morgan fingerprint density at radius 2 is 2.27 bits per heavy atom. The average Bonchev–Trinajstić information content (AvgIpc) is 1.95. The molecule has 1 rings (SSSR count). The molecule has 1 heterocycles. The van der Waals surface area contributed by atoms with Gasteiger partial charge in [0.25, 0.3) is 5.56 Å². The monoisotopic (exact) mass is 152 g/mol. The number of hydrogen-bond donors (Lipinski definition) is 2. The van der Waals surface area contributed by atoms with Crippen LogP contribution in [0.1, 0.15) is 5.69 Å². The van der Waals surface area contributed by atoms with E-state index >= 15 is 0 Å². The van der Waals surface area contributed by atoms with Crippen molar-refractivity contribution in [2.45, 2.75) is 6.92 Å². The van der Waals surface area contributed by atoms with E-state index in [-0.39, 0.29) is 11.2 Å². The molecule has 4 heteroatoms. The highest BCUT2D eigenvalue weighted by atomic mass is 16.1. The average molecular weight is 152 g/mol. The third kappa shape index (κ3) is 1.67. The molecule has 1 amide bonds. The number of nitrogens with one attached hydrogen (secondary N) is 2. The molecule has 2 N–H and O–H groups in total. The summed E-state index contributed by atoms with van der Waals surface area (Å²) in [6.45, 7) is 1.77. The highest BCUT2D eigenvalue weighted by molar-refractivity contribution is 5.70. The fourth-order valence-corrected chi connectivity index (χ4v) is 0.749. The summed E-state index contributed by atoms with van der Waals surface area (Å²) in [6, 6.07) is 3.27. The van der Waals surface area contributed by atoms with Gasteiger partial charge in [0.05, 0.1) is 0 Å². The van der Waals surface area contributed by atoms with Gasteiger partial charge in [-0.2, -0.15) is 0 Å². The van der Waals surface area contributed by atoms with E-state index in [9.17, 15) is 9.59 Å². The molecule has 58 valence electrons. The molecule has 11 heavy (non-hydrogen) atoms. The van der Waals surface area contributed by atoms with Gasteiger partial charge in [0.15, 0.2) is 0 Å². The summed E-state index contributed by atoms with van der Waals surface area (Å²) < 4.78 is 0. The predicted molar refractivity (Wildman–Crippen MR) is 41.5 cm³/mol. The Balaban J connectivity index is 3.09. The lowest BCUT2D eigenvalue weighted by atomic mass is 10.3. The van der Waals surface area contributed by atoms with Crippen LogP contribution in [-0.4, -0.2) is 11.4 Å². The van der Waals surface area contributed by atoms with E-state index < -0.39 is 0 Å². The summed E-state index contributed by atoms with van der Waals surface area (Å²) in [4.78, 5) is 23.4. The molecule has 1 aromatic rings. The zero-order valence-corrected chi connectivity index (χ0v) is 6.05. The molecule has 0 spiro atoms. The van der Waals surface area contributed by atoms with Gasteiger partial charge in [0.1, 0.15) is 5.69 Å². The van der Waals surface area contributed by atoms with Crippen molar-refractivity contribution in [1.82, 2.24) is 4.98 Å². The number of rotatable bonds is 2. The molecule has 0 atom stereocenters. The smallest absolute Gasteiger partial charge is 0.271 e. The predicted octanol–water partition coefficient (Wildman–Crippen LogP) is 0.252. The second kappa shape index (κ2) is 3.01. The highest BCUT2D eigenvalue weighted by Gasteiger charge is 1.95. The maximum absolute atomic E-state index is 11.0. The molecule has 0 aliphatic heterocycles. The van der Waals surface area contributed by atoms with E-state index in [1.807, 2.05) is 0 Å². The molecule has 0 aliphatic carbocycles. The van der Waals surface area contributed by atoms with Crippen molar-refractivity contribution in [3.05, 3.63) is 28.2 Å². The lowest BCUT2D eigenvalue weighted by molar-refractivity contribution is -0.105. The van der Waals surface area contributed by atoms with Crippen LogP contribution in [0.5, 0.6) is 0 Å². The molecule has 0 radical (unpaired) electrons. The largest absolute Gasteiger partial charge is 0.325 e. The number of hydrogen-bond acceptors (Lipinski definition) is 2. The van der Waals surface area contributed by atoms with Gasteiger partial charge >= 0.3 is 0 Å². The van der Waals surface area contributed by atoms with Crippen LogP contribution >= 0.6 is 0 Å². The number of anilines is 1. The summed E-state index contributed by atoms with van der Waals surface area (Å²) in [6.07, 6.45) is 0.472. The minimum Gasteiger partial charge on any atom is -0.325 e. The Labute approximate surface area is 63.3 Å². The van der Waals surface area contributed by atoms with E-state index in [1.165, 1.54) is 0 Å². The van der Waals surface area contributed by atoms with Crippen LogP contribution in [-0.2, 0) is 4.79 Å². The van der Waals surface area contributed by atoms with E-state index in [1.54, 1.807) is 19.1 Å². The van der Waals surface area contributed by atoms with Crippen LogP contribution in [0.3, 0.4) is 0 Å². The maximum atomic E-state index is 11.0. The van der Waals surface area contributed by atoms with Crippen molar-refractivity contribution in [3.63, 3.8) is 0 Å². The van der Waals surface area contributed by atoms with Crippen molar-refractivity contribution in [3.8, 4) is 0 Å². The topological polar surface area (TPSA) is 62.0 Å². The first-order valence-electron chi connectivity index (χ1n) is 3.14. The molecule has 1 aromatic heterocycles. The lowest BCUT2D eigenvalue weighted by Gasteiger charge is -1.96. The molecule has 4 nitrogen and oxygen atoms in total. The minimum absolute atomic E-state index is 0.269. The Morgan fingerprint density at radius 3 is 2.82 bits per heavy atom. The van der Waals surface area contributed by atoms with Gasteiger partial charge in [-0.25, -0.2) is 0 Å². The summed E-state index contributed by atoms with van der Waals surface area (Å²) in [5.74, 6) is 0. The SMILES string of the molecule is Cc1ccc(NC=O)c(=O)[nH]1. The minimum atomic E-state index is -0.280. The van der Waals surface area contributed by atoms with Crippen LogP contribution in [0.4, 0.5) is 5.69 Å². The number of carbonyl (C=O) groups is 1. The molecule has 0 saturated heterocycles. The molecular formula is C7H8N2O2. The van der Waals surface area contributed by atoms with Crippen LogP contribution in [0.2, 0.25) is 0 Å². The Kier molecular flexibility index (Phi) is 2.06. The van der Waals surface area contributed by atoms with Crippen LogP contribution in [0.15, 0.2) is 16.9 Å². The fraction of sp³-hybridized carbons (Fsp3) is 0.143. The lowest BCUT2D eigenvalue weighted by Crippen LogP contribution is -2.13. The van der Waals surface area contributed by atoms with Gasteiger partial charge in [-0.05, 0) is 19.1 Å². The number of pyridine rings is 1. The van der Waals surface area contributed by atoms with Crippen LogP contribution < -0.4 is 10.9 Å². The number of aromatic amines is 1. The molecule has 0 aliphatic rings. The van der Waals surface area contributed by atoms with E-state index in [4.69, 9.17) is 0 Å². The Morgan fingerprint density at radius 1 is 1.55 bits per heavy atom. The Bertz CT molecular complexity index is 316. The fourth-order valence-electron chi connectivity index (χ4n) is 0.749. The third-order valence-electron chi connectivity index (χ3n) is 1.27. The van der Waals surface area contributed by atoms with Gasteiger partial charge in [-0.15, -0.1) is 0 Å². The zero-order valence-electron chi connectivity index (χ0n) is 6.05. The first kappa shape index (κ1) is 7.53. The zero-order chi connectivity index (χ0) is 8.27. The number of amides is 1. The first-order chi connectivity index (χ1) is 5.24. The molecule has 0 bridgehead atoms. The first-order valence-corrected chi connectivity index (χ1v) is 3.14. The highest BCUT2D eigenvalue weighted by Crippen LogP contribution is 1.96. The number of H-pyrrole nitrogens is 1. The number of carbonyl (C=O) groups excluding carboxylic acids is 1. The molecular weight excluding hydrogens is 144 g/mol. The van der Waals surface area contributed by atoms with Crippen LogP contribution in [0, 0.1) is 6.92 Å². The molecule has 0 unspecified atom stereocenters. The normalized spacial score (nSPS) is 9.18. The third-order valence-corrected chi connectivity index (χ3v) is 1.27. The summed E-state index contributed by atoms with van der Waals surface area (Å²) in [5.41, 5.74) is 0.758. The number of aromatic nitrogens is 1. The second-order valence-corrected chi connectivity index (χ2v) is 2.15. The van der Waals surface area contributed by atoms with Gasteiger partial charge < -0.3 is 10.3 Å². The van der Waals surface area contributed by atoms with E-state index in [2.05, 4.69) is 10.3 Å². The van der Waals surface area contributed by atoms with Crippen molar-refractivity contribution >= 4 is 12.1 Å². The van der Waals surface area contributed by atoms with Crippen molar-refractivity contribution in [1.29, 1.82) is 0 Å². The van der Waals surface area contributed by atoms with Gasteiger partial charge in [-0.3, -0.25) is 9.59 Å². The summed E-state index contributed by atoms with van der Waals surface area (Å²) in [5, 5.41) is 2.28. The standard InChI is InChI=1S/C7H8N2O2/c1-5-2-3-6(8-4-10)7(11)9-5/h2-4H,1H3,(H,8,10)(H,9,11). The molecule has 0 fully saturated rings. The van der Waals surface area contributed by atoms with Crippen molar-refractivity contribution in [2.75, 3.05) is 5.32 Å². The van der Waals surface area contributed by atoms with E-state index in [0.717, 1.165) is 5.69 Å².